The van der Waals surface area contributed by atoms with Crippen LogP contribution in [0.4, 0.5) is 15.8 Å². The van der Waals surface area contributed by atoms with Gasteiger partial charge in [-0.1, -0.05) is 13.3 Å². The fourth-order valence-electron chi connectivity index (χ4n) is 3.86. The fourth-order valence-corrected chi connectivity index (χ4v) is 3.86. The Hall–Kier alpha value is -3.11. The molecule has 1 saturated heterocycles. The molecule has 1 heterocycles. The molecule has 2 aromatic carbocycles. The molecule has 3 rings (SSSR count). The van der Waals surface area contributed by atoms with Gasteiger partial charge in [0.1, 0.15) is 11.6 Å². The van der Waals surface area contributed by atoms with Crippen LogP contribution in [-0.4, -0.2) is 57.2 Å². The molecule has 0 aromatic heterocycles. The molecule has 2 aromatic rings. The summed E-state index contributed by atoms with van der Waals surface area (Å²) in [6, 6.07) is 14.3. The third-order valence-corrected chi connectivity index (χ3v) is 5.94. The van der Waals surface area contributed by atoms with E-state index in [9.17, 15) is 9.18 Å². The molecule has 0 saturated carbocycles. The maximum atomic E-state index is 14.9. The number of ether oxygens (including phenoxy) is 1. The van der Waals surface area contributed by atoms with Crippen molar-refractivity contribution in [3.8, 4) is 11.8 Å². The Morgan fingerprint density at radius 1 is 1.25 bits per heavy atom. The van der Waals surface area contributed by atoms with Crippen LogP contribution < -0.4 is 14.5 Å². The summed E-state index contributed by atoms with van der Waals surface area (Å²) in [5.74, 6) is 0.166. The van der Waals surface area contributed by atoms with Gasteiger partial charge >= 0.3 is 0 Å². The molecule has 1 aliphatic rings. The average molecular weight is 439 g/mol. The number of carbonyl (C=O) groups excluding carboxylic acids is 1. The Morgan fingerprint density at radius 2 is 2.00 bits per heavy atom. The molecular weight excluding hydrogens is 407 g/mol. The van der Waals surface area contributed by atoms with Crippen molar-refractivity contribution in [1.29, 1.82) is 5.26 Å². The van der Waals surface area contributed by atoms with E-state index in [4.69, 9.17) is 10.00 Å². The van der Waals surface area contributed by atoms with Crippen molar-refractivity contribution in [1.82, 2.24) is 4.90 Å². The third kappa shape index (κ3) is 5.57. The van der Waals surface area contributed by atoms with E-state index in [1.807, 2.05) is 16.8 Å². The normalized spacial score (nSPS) is 15.6. The maximum absolute atomic E-state index is 14.9. The lowest BCUT2D eigenvalue weighted by atomic mass is 10.1. The fraction of sp³-hybridized carbons (Fsp3) is 0.440. The van der Waals surface area contributed by atoms with Crippen LogP contribution in [0.5, 0.6) is 5.75 Å². The summed E-state index contributed by atoms with van der Waals surface area (Å²) < 4.78 is 20.6. The van der Waals surface area contributed by atoms with Gasteiger partial charge in [0.05, 0.1) is 24.9 Å². The number of nitrogens with zero attached hydrogens (tertiary/aromatic N) is 4. The van der Waals surface area contributed by atoms with Gasteiger partial charge in [-0.2, -0.15) is 5.26 Å². The second-order valence-electron chi connectivity index (χ2n) is 8.19. The zero-order chi connectivity index (χ0) is 23.1. The first kappa shape index (κ1) is 23.6. The molecule has 1 aliphatic heterocycles. The summed E-state index contributed by atoms with van der Waals surface area (Å²) >= 11 is 0. The molecule has 7 heteroatoms. The van der Waals surface area contributed by atoms with Gasteiger partial charge in [0.25, 0.3) is 5.91 Å². The van der Waals surface area contributed by atoms with Gasteiger partial charge in [0.2, 0.25) is 0 Å². The SMILES string of the molecule is CCCCOc1ccc(C(=O)N(C)c2ccc(N3CCC(N(C)CC#N)C3)c(F)c2)cc1. The minimum absolute atomic E-state index is 0.211. The summed E-state index contributed by atoms with van der Waals surface area (Å²) in [6.07, 6.45) is 2.93. The first-order chi connectivity index (χ1) is 15.4. The van der Waals surface area contributed by atoms with Gasteiger partial charge < -0.3 is 14.5 Å². The minimum atomic E-state index is -0.356. The molecule has 32 heavy (non-hydrogen) atoms. The smallest absolute Gasteiger partial charge is 0.258 e. The van der Waals surface area contributed by atoms with E-state index in [-0.39, 0.29) is 17.8 Å². The number of halogens is 1. The largest absolute Gasteiger partial charge is 0.494 e. The quantitative estimate of drug-likeness (QED) is 0.431. The van der Waals surface area contributed by atoms with Gasteiger partial charge in [-0.05, 0) is 62.4 Å². The standard InChI is InChI=1S/C25H31FN4O2/c1-4-5-16-32-22-9-6-19(7-10-22)25(31)29(3)20-8-11-24(23(26)17-20)30-14-12-21(18-30)28(2)15-13-27/h6-11,17,21H,4-5,12,14-16,18H2,1-3H3. The molecule has 6 nitrogen and oxygen atoms in total. The van der Waals surface area contributed by atoms with Crippen LogP contribution in [0, 0.1) is 17.1 Å². The zero-order valence-electron chi connectivity index (χ0n) is 19.1. The third-order valence-electron chi connectivity index (χ3n) is 5.94. The second kappa shape index (κ2) is 11.0. The number of anilines is 2. The Morgan fingerprint density at radius 3 is 2.66 bits per heavy atom. The van der Waals surface area contributed by atoms with Crippen molar-refractivity contribution < 1.29 is 13.9 Å². The van der Waals surface area contributed by atoms with E-state index in [0.29, 0.717) is 36.6 Å². The topological polar surface area (TPSA) is 59.8 Å². The number of amides is 1. The summed E-state index contributed by atoms with van der Waals surface area (Å²) in [6.45, 7) is 4.53. The minimum Gasteiger partial charge on any atom is -0.494 e. The average Bonchev–Trinajstić information content (AvgIpc) is 3.29. The van der Waals surface area contributed by atoms with E-state index >= 15 is 0 Å². The molecule has 0 bridgehead atoms. The molecular formula is C25H31FN4O2. The lowest BCUT2D eigenvalue weighted by molar-refractivity contribution is 0.0993. The second-order valence-corrected chi connectivity index (χ2v) is 8.19. The van der Waals surface area contributed by atoms with E-state index in [0.717, 1.165) is 31.6 Å². The number of benzene rings is 2. The molecule has 1 amide bonds. The van der Waals surface area contributed by atoms with Gasteiger partial charge in [0, 0.05) is 37.4 Å². The summed E-state index contributed by atoms with van der Waals surface area (Å²) in [5, 5.41) is 8.89. The highest BCUT2D eigenvalue weighted by Crippen LogP contribution is 2.29. The van der Waals surface area contributed by atoms with Crippen LogP contribution in [0.3, 0.4) is 0 Å². The van der Waals surface area contributed by atoms with Crippen LogP contribution in [0.15, 0.2) is 42.5 Å². The highest BCUT2D eigenvalue weighted by Gasteiger charge is 2.27. The van der Waals surface area contributed by atoms with Crippen LogP contribution in [0.25, 0.3) is 0 Å². The molecule has 0 spiro atoms. The molecule has 1 fully saturated rings. The Balaban J connectivity index is 1.65. The Labute approximate surface area is 189 Å². The van der Waals surface area contributed by atoms with Gasteiger partial charge in [0.15, 0.2) is 0 Å². The number of nitriles is 1. The van der Waals surface area contributed by atoms with Gasteiger partial charge in [-0.15, -0.1) is 0 Å². The molecule has 170 valence electrons. The maximum Gasteiger partial charge on any atom is 0.258 e. The Bertz CT molecular complexity index is 957. The number of carbonyl (C=O) groups is 1. The molecule has 0 radical (unpaired) electrons. The first-order valence-electron chi connectivity index (χ1n) is 11.1. The number of likely N-dealkylation sites (N-methyl/N-ethyl adjacent to an activating group) is 1. The van der Waals surface area contributed by atoms with Crippen LogP contribution in [0.2, 0.25) is 0 Å². The van der Waals surface area contributed by atoms with Crippen molar-refractivity contribution in [3.63, 3.8) is 0 Å². The lowest BCUT2D eigenvalue weighted by Gasteiger charge is -2.24. The molecule has 1 atom stereocenters. The van der Waals surface area contributed by atoms with Crippen molar-refractivity contribution in [3.05, 3.63) is 53.8 Å². The highest BCUT2D eigenvalue weighted by molar-refractivity contribution is 6.05. The van der Waals surface area contributed by atoms with Crippen LogP contribution in [-0.2, 0) is 0 Å². The summed E-state index contributed by atoms with van der Waals surface area (Å²) in [4.78, 5) is 18.3. The number of hydrogen-bond acceptors (Lipinski definition) is 5. The highest BCUT2D eigenvalue weighted by atomic mass is 19.1. The molecule has 0 aliphatic carbocycles. The molecule has 1 unspecified atom stereocenters. The van der Waals surface area contributed by atoms with Crippen molar-refractivity contribution in [2.24, 2.45) is 0 Å². The number of unbranched alkanes of at least 4 members (excludes halogenated alkanes) is 1. The zero-order valence-corrected chi connectivity index (χ0v) is 19.1. The predicted molar refractivity (Wildman–Crippen MR) is 125 cm³/mol. The monoisotopic (exact) mass is 438 g/mol. The summed E-state index contributed by atoms with van der Waals surface area (Å²) in [7, 11) is 3.56. The van der Waals surface area contributed by atoms with Crippen molar-refractivity contribution in [2.45, 2.75) is 32.2 Å². The van der Waals surface area contributed by atoms with E-state index < -0.39 is 0 Å². The number of hydrogen-bond donors (Lipinski definition) is 0. The summed E-state index contributed by atoms with van der Waals surface area (Å²) in [5.41, 5.74) is 1.54. The Kier molecular flexibility index (Phi) is 8.07. The van der Waals surface area contributed by atoms with E-state index in [1.165, 1.54) is 11.0 Å². The van der Waals surface area contributed by atoms with Crippen LogP contribution >= 0.6 is 0 Å². The molecule has 0 N–H and O–H groups in total. The lowest BCUT2D eigenvalue weighted by Crippen LogP contribution is -2.35. The van der Waals surface area contributed by atoms with Crippen LogP contribution in [0.1, 0.15) is 36.5 Å². The van der Waals surface area contributed by atoms with E-state index in [2.05, 4.69) is 13.0 Å². The van der Waals surface area contributed by atoms with Gasteiger partial charge in [-0.3, -0.25) is 9.69 Å². The van der Waals surface area contributed by atoms with E-state index in [1.54, 1.807) is 43.4 Å². The predicted octanol–water partition coefficient (Wildman–Crippen LogP) is 4.32. The van der Waals surface area contributed by atoms with Crippen molar-refractivity contribution in [2.75, 3.05) is 50.1 Å². The first-order valence-corrected chi connectivity index (χ1v) is 11.1. The van der Waals surface area contributed by atoms with Crippen molar-refractivity contribution >= 4 is 17.3 Å². The van der Waals surface area contributed by atoms with Gasteiger partial charge in [-0.25, -0.2) is 4.39 Å². The number of rotatable bonds is 9.